The van der Waals surface area contributed by atoms with Gasteiger partial charge in [0.1, 0.15) is 0 Å². The Hall–Kier alpha value is -0.0400. The van der Waals surface area contributed by atoms with Gasteiger partial charge in [-0.25, -0.2) is 0 Å². The summed E-state index contributed by atoms with van der Waals surface area (Å²) in [5.41, 5.74) is 1.09. The molecule has 0 saturated heterocycles. The monoisotopic (exact) mass is 263 g/mol. The van der Waals surface area contributed by atoms with E-state index in [2.05, 4.69) is 33.0 Å². The van der Waals surface area contributed by atoms with Gasteiger partial charge in [0.2, 0.25) is 0 Å². The van der Waals surface area contributed by atoms with Crippen molar-refractivity contribution in [2.75, 3.05) is 0 Å². The van der Waals surface area contributed by atoms with Crippen molar-refractivity contribution < 1.29 is 0 Å². The topological polar surface area (TPSA) is 12.0 Å². The summed E-state index contributed by atoms with van der Waals surface area (Å²) in [7, 11) is 0. The molecule has 0 amide bonds. The molecule has 0 aliphatic heterocycles. The Morgan fingerprint density at radius 3 is 2.26 bits per heavy atom. The summed E-state index contributed by atoms with van der Waals surface area (Å²) in [6.07, 6.45) is 11.7. The van der Waals surface area contributed by atoms with Crippen molar-refractivity contribution in [1.82, 2.24) is 5.32 Å². The Kier molecular flexibility index (Phi) is 3.48. The predicted octanol–water partition coefficient (Wildman–Crippen LogP) is 4.76. The van der Waals surface area contributed by atoms with Crippen molar-refractivity contribution in [1.29, 1.82) is 0 Å². The molecule has 0 radical (unpaired) electrons. The lowest BCUT2D eigenvalue weighted by molar-refractivity contribution is 0.0876. The molecule has 4 atom stereocenters. The maximum atomic E-state index is 4.11. The van der Waals surface area contributed by atoms with E-state index >= 15 is 0 Å². The molecule has 2 bridgehead atoms. The minimum atomic E-state index is 0.510. The molecule has 1 N–H and O–H groups in total. The molecule has 3 rings (SSSR count). The Labute approximate surface area is 119 Å². The van der Waals surface area contributed by atoms with Gasteiger partial charge in [-0.2, -0.15) is 0 Å². The minimum absolute atomic E-state index is 0.510. The fraction of sp³-hybridized carbons (Fsp3) is 1.00. The minimum Gasteiger partial charge on any atom is -0.310 e. The maximum absolute atomic E-state index is 4.11. The van der Waals surface area contributed by atoms with Gasteiger partial charge in [-0.05, 0) is 61.7 Å². The Morgan fingerprint density at radius 1 is 1.00 bits per heavy atom. The fourth-order valence-electron chi connectivity index (χ4n) is 5.75. The van der Waals surface area contributed by atoms with Crippen LogP contribution >= 0.6 is 0 Å². The first-order valence-electron chi connectivity index (χ1n) is 8.69. The van der Waals surface area contributed by atoms with Crippen LogP contribution in [0.5, 0.6) is 0 Å². The molecule has 0 aromatic carbocycles. The maximum Gasteiger partial charge on any atom is 0.0177 e. The smallest absolute Gasteiger partial charge is 0.0177 e. The number of nitrogens with one attached hydrogen (secondary N) is 1. The summed E-state index contributed by atoms with van der Waals surface area (Å²) >= 11 is 0. The van der Waals surface area contributed by atoms with Crippen LogP contribution in [0, 0.1) is 22.7 Å². The van der Waals surface area contributed by atoms with Crippen LogP contribution in [-0.2, 0) is 0 Å². The first-order valence-corrected chi connectivity index (χ1v) is 8.69. The normalized spacial score (nSPS) is 43.6. The molecule has 3 aliphatic carbocycles. The van der Waals surface area contributed by atoms with Crippen molar-refractivity contribution in [3.63, 3.8) is 0 Å². The van der Waals surface area contributed by atoms with Crippen molar-refractivity contribution >= 4 is 0 Å². The highest BCUT2D eigenvalue weighted by molar-refractivity contribution is 5.12. The molecule has 19 heavy (non-hydrogen) atoms. The summed E-state index contributed by atoms with van der Waals surface area (Å²) in [6, 6.07) is 1.47. The van der Waals surface area contributed by atoms with Gasteiger partial charge >= 0.3 is 0 Å². The van der Waals surface area contributed by atoms with Gasteiger partial charge in [0.25, 0.3) is 0 Å². The SMILES string of the molecule is C[C@@H](NC1C(C)(C)[C@H]2CC[C@]1(C)C2)C1CCCCC1. The highest BCUT2D eigenvalue weighted by Crippen LogP contribution is 2.62. The van der Waals surface area contributed by atoms with E-state index in [9.17, 15) is 0 Å². The lowest BCUT2D eigenvalue weighted by Crippen LogP contribution is -2.54. The van der Waals surface area contributed by atoms with Crippen molar-refractivity contribution in [2.45, 2.75) is 91.1 Å². The Bertz CT molecular complexity index is 324. The summed E-state index contributed by atoms with van der Waals surface area (Å²) in [5, 5.41) is 4.11. The Morgan fingerprint density at radius 2 is 1.68 bits per heavy atom. The lowest BCUT2D eigenvalue weighted by atomic mass is 9.68. The summed E-state index contributed by atoms with van der Waals surface area (Å²) < 4.78 is 0. The molecule has 1 unspecified atom stereocenters. The van der Waals surface area contributed by atoms with E-state index in [4.69, 9.17) is 0 Å². The van der Waals surface area contributed by atoms with Gasteiger partial charge in [-0.3, -0.25) is 0 Å². The highest BCUT2D eigenvalue weighted by atomic mass is 15.0. The second-order valence-corrected chi connectivity index (χ2v) is 8.70. The van der Waals surface area contributed by atoms with Crippen LogP contribution in [0.1, 0.15) is 79.1 Å². The lowest BCUT2D eigenvalue weighted by Gasteiger charge is -2.46. The van der Waals surface area contributed by atoms with Crippen molar-refractivity contribution in [2.24, 2.45) is 22.7 Å². The zero-order valence-corrected chi connectivity index (χ0v) is 13.5. The summed E-state index contributed by atoms with van der Waals surface area (Å²) in [6.45, 7) is 10.1. The van der Waals surface area contributed by atoms with E-state index in [0.29, 0.717) is 10.8 Å². The zero-order chi connectivity index (χ0) is 13.7. The summed E-state index contributed by atoms with van der Waals surface area (Å²) in [4.78, 5) is 0. The predicted molar refractivity (Wildman–Crippen MR) is 82.2 cm³/mol. The van der Waals surface area contributed by atoms with E-state index in [1.165, 1.54) is 51.4 Å². The van der Waals surface area contributed by atoms with Crippen LogP contribution in [0.3, 0.4) is 0 Å². The van der Waals surface area contributed by atoms with Gasteiger partial charge in [-0.1, -0.05) is 40.0 Å². The summed E-state index contributed by atoms with van der Waals surface area (Å²) in [5.74, 6) is 1.90. The van der Waals surface area contributed by atoms with Gasteiger partial charge in [0.15, 0.2) is 0 Å². The molecule has 3 fully saturated rings. The molecular formula is C18H33N. The molecule has 1 nitrogen and oxygen atoms in total. The van der Waals surface area contributed by atoms with Crippen LogP contribution in [-0.4, -0.2) is 12.1 Å². The van der Waals surface area contributed by atoms with E-state index in [1.54, 1.807) is 0 Å². The molecular weight excluding hydrogens is 230 g/mol. The van der Waals surface area contributed by atoms with Gasteiger partial charge in [0, 0.05) is 12.1 Å². The second-order valence-electron chi connectivity index (χ2n) is 8.70. The van der Waals surface area contributed by atoms with E-state index in [-0.39, 0.29) is 0 Å². The van der Waals surface area contributed by atoms with E-state index in [0.717, 1.165) is 23.9 Å². The number of rotatable bonds is 3. The van der Waals surface area contributed by atoms with Crippen LogP contribution in [0.4, 0.5) is 0 Å². The standard InChI is InChI=1S/C18H33N/c1-13(14-8-6-5-7-9-14)19-16-17(2,3)15-10-11-18(16,4)12-15/h13-16,19H,5-12H2,1-4H3/t13-,15+,16?,18-/m1/s1. The first kappa shape index (κ1) is 13.9. The van der Waals surface area contributed by atoms with Crippen molar-refractivity contribution in [3.8, 4) is 0 Å². The average molecular weight is 263 g/mol. The van der Waals surface area contributed by atoms with Gasteiger partial charge < -0.3 is 5.32 Å². The van der Waals surface area contributed by atoms with Crippen LogP contribution in [0.2, 0.25) is 0 Å². The molecule has 0 heterocycles. The molecule has 1 heteroatoms. The zero-order valence-electron chi connectivity index (χ0n) is 13.5. The fourth-order valence-corrected chi connectivity index (χ4v) is 5.75. The molecule has 3 saturated carbocycles. The quantitative estimate of drug-likeness (QED) is 0.774. The molecule has 110 valence electrons. The second kappa shape index (κ2) is 4.76. The largest absolute Gasteiger partial charge is 0.310 e. The van der Waals surface area contributed by atoms with Gasteiger partial charge in [-0.15, -0.1) is 0 Å². The van der Waals surface area contributed by atoms with Gasteiger partial charge in [0.05, 0.1) is 0 Å². The third-order valence-corrected chi connectivity index (χ3v) is 7.06. The number of fused-ring (bicyclic) bond motifs is 2. The van der Waals surface area contributed by atoms with E-state index in [1.807, 2.05) is 0 Å². The van der Waals surface area contributed by atoms with E-state index < -0.39 is 0 Å². The number of hydrogen-bond acceptors (Lipinski definition) is 1. The molecule has 0 aromatic rings. The third kappa shape index (κ3) is 2.26. The Balaban J connectivity index is 1.68. The van der Waals surface area contributed by atoms with Crippen molar-refractivity contribution in [3.05, 3.63) is 0 Å². The van der Waals surface area contributed by atoms with Crippen LogP contribution in [0.15, 0.2) is 0 Å². The average Bonchev–Trinajstić information content (AvgIpc) is 2.87. The molecule has 0 spiro atoms. The number of hydrogen-bond donors (Lipinski definition) is 1. The molecule has 3 aliphatic rings. The first-order chi connectivity index (χ1) is 8.93. The highest BCUT2D eigenvalue weighted by Gasteiger charge is 2.59. The molecule has 0 aromatic heterocycles. The van der Waals surface area contributed by atoms with Crippen LogP contribution < -0.4 is 5.32 Å². The third-order valence-electron chi connectivity index (χ3n) is 7.06. The van der Waals surface area contributed by atoms with Crippen LogP contribution in [0.25, 0.3) is 0 Å².